The van der Waals surface area contributed by atoms with Crippen molar-refractivity contribution in [2.45, 2.75) is 13.5 Å². The number of ether oxygens (including phenoxy) is 1. The van der Waals surface area contributed by atoms with E-state index in [2.05, 4.69) is 25.0 Å². The number of imidazole rings is 1. The monoisotopic (exact) mass is 416 g/mol. The van der Waals surface area contributed by atoms with E-state index in [-0.39, 0.29) is 11.6 Å². The standard InChI is InChI=1S/C19H15ClF2N6O/c1-10-24-14-8-11(20)2-7-15(14)28(10)19-26-16(23)9-17(27-19)25-12-3-5-13(6-4-12)29-18(21)22/h2-9,18H,1H3,(H3,23,25,26,27). The van der Waals surface area contributed by atoms with E-state index in [1.54, 1.807) is 34.9 Å². The van der Waals surface area contributed by atoms with Gasteiger partial charge in [0.25, 0.3) is 0 Å². The minimum Gasteiger partial charge on any atom is -0.435 e. The number of hydrogen-bond acceptors (Lipinski definition) is 6. The lowest BCUT2D eigenvalue weighted by atomic mass is 10.3. The number of nitrogens with one attached hydrogen (secondary N) is 1. The van der Waals surface area contributed by atoms with Crippen LogP contribution in [0.2, 0.25) is 5.02 Å². The molecule has 0 saturated carbocycles. The van der Waals surface area contributed by atoms with Crippen LogP contribution >= 0.6 is 11.6 Å². The van der Waals surface area contributed by atoms with Gasteiger partial charge in [0, 0.05) is 16.8 Å². The van der Waals surface area contributed by atoms with Crippen molar-refractivity contribution in [3.8, 4) is 11.7 Å². The van der Waals surface area contributed by atoms with Crippen molar-refractivity contribution in [1.29, 1.82) is 0 Å². The summed E-state index contributed by atoms with van der Waals surface area (Å²) < 4.78 is 30.7. The molecule has 0 unspecified atom stereocenters. The number of nitrogen functional groups attached to an aromatic ring is 1. The van der Waals surface area contributed by atoms with Crippen LogP contribution in [-0.4, -0.2) is 26.1 Å². The summed E-state index contributed by atoms with van der Waals surface area (Å²) in [6.07, 6.45) is 0. The molecule has 3 N–H and O–H groups in total. The van der Waals surface area contributed by atoms with Gasteiger partial charge in [-0.25, -0.2) is 4.98 Å². The fourth-order valence-electron chi connectivity index (χ4n) is 2.91. The second kappa shape index (κ2) is 7.51. The molecule has 0 amide bonds. The Morgan fingerprint density at radius 2 is 1.83 bits per heavy atom. The summed E-state index contributed by atoms with van der Waals surface area (Å²) >= 11 is 6.04. The minimum absolute atomic E-state index is 0.0626. The Kier molecular flexibility index (Phi) is 4.89. The van der Waals surface area contributed by atoms with Gasteiger partial charge in [-0.2, -0.15) is 18.7 Å². The van der Waals surface area contributed by atoms with Crippen LogP contribution in [0.25, 0.3) is 17.0 Å². The summed E-state index contributed by atoms with van der Waals surface area (Å²) in [5.41, 5.74) is 8.09. The molecule has 2 heterocycles. The first-order valence-electron chi connectivity index (χ1n) is 8.50. The molecule has 148 valence electrons. The zero-order valence-corrected chi connectivity index (χ0v) is 15.9. The summed E-state index contributed by atoms with van der Waals surface area (Å²) in [6.45, 7) is -1.05. The molecular weight excluding hydrogens is 402 g/mol. The normalized spacial score (nSPS) is 11.2. The fraction of sp³-hybridized carbons (Fsp3) is 0.105. The van der Waals surface area contributed by atoms with Crippen molar-refractivity contribution in [3.05, 3.63) is 59.4 Å². The Balaban J connectivity index is 1.68. The number of fused-ring (bicyclic) bond motifs is 1. The van der Waals surface area contributed by atoms with Crippen LogP contribution in [0, 0.1) is 6.92 Å². The van der Waals surface area contributed by atoms with Gasteiger partial charge >= 0.3 is 6.61 Å². The summed E-state index contributed by atoms with van der Waals surface area (Å²) in [6, 6.07) is 13.0. The third kappa shape index (κ3) is 4.04. The van der Waals surface area contributed by atoms with Crippen LogP contribution in [-0.2, 0) is 0 Å². The Morgan fingerprint density at radius 1 is 1.07 bits per heavy atom. The molecule has 0 saturated heterocycles. The van der Waals surface area contributed by atoms with Gasteiger partial charge in [0.05, 0.1) is 11.0 Å². The molecule has 0 radical (unpaired) electrons. The summed E-state index contributed by atoms with van der Waals surface area (Å²) in [5, 5.41) is 3.66. The molecule has 0 fully saturated rings. The molecule has 0 spiro atoms. The van der Waals surface area contributed by atoms with Crippen molar-refractivity contribution >= 4 is 40.0 Å². The van der Waals surface area contributed by atoms with Gasteiger partial charge in [-0.1, -0.05) is 11.6 Å². The van der Waals surface area contributed by atoms with Crippen LogP contribution in [0.5, 0.6) is 5.75 Å². The summed E-state index contributed by atoms with van der Waals surface area (Å²) in [7, 11) is 0. The lowest BCUT2D eigenvalue weighted by molar-refractivity contribution is -0.0498. The Bertz CT molecular complexity index is 1180. The van der Waals surface area contributed by atoms with E-state index in [1.807, 2.05) is 13.0 Å². The molecule has 10 heteroatoms. The highest BCUT2D eigenvalue weighted by Crippen LogP contribution is 2.25. The van der Waals surface area contributed by atoms with E-state index in [9.17, 15) is 8.78 Å². The van der Waals surface area contributed by atoms with Gasteiger partial charge in [0.15, 0.2) is 0 Å². The predicted octanol–water partition coefficient (Wildman–Crippen LogP) is 4.70. The zero-order valence-electron chi connectivity index (χ0n) is 15.1. The maximum absolute atomic E-state index is 12.3. The van der Waals surface area contributed by atoms with E-state index >= 15 is 0 Å². The van der Waals surface area contributed by atoms with Crippen LogP contribution in [0.4, 0.5) is 26.1 Å². The third-order valence-electron chi connectivity index (χ3n) is 4.07. The van der Waals surface area contributed by atoms with Crippen LogP contribution in [0.3, 0.4) is 0 Å². The number of rotatable bonds is 5. The molecule has 7 nitrogen and oxygen atoms in total. The van der Waals surface area contributed by atoms with Gasteiger partial charge in [-0.3, -0.25) is 4.57 Å². The van der Waals surface area contributed by atoms with Crippen molar-refractivity contribution in [1.82, 2.24) is 19.5 Å². The molecule has 0 bridgehead atoms. The first-order chi connectivity index (χ1) is 13.9. The van der Waals surface area contributed by atoms with Crippen molar-refractivity contribution in [2.24, 2.45) is 0 Å². The Labute approximate surface area is 169 Å². The number of aryl methyl sites for hydroxylation is 1. The average Bonchev–Trinajstić information content (AvgIpc) is 2.97. The number of nitrogens with two attached hydrogens (primary N) is 1. The molecule has 29 heavy (non-hydrogen) atoms. The van der Waals surface area contributed by atoms with E-state index in [4.69, 9.17) is 17.3 Å². The zero-order chi connectivity index (χ0) is 20.5. The van der Waals surface area contributed by atoms with Crippen molar-refractivity contribution in [2.75, 3.05) is 11.1 Å². The van der Waals surface area contributed by atoms with E-state index in [0.717, 1.165) is 5.52 Å². The van der Waals surface area contributed by atoms with Gasteiger partial charge in [-0.05, 0) is 49.4 Å². The largest absolute Gasteiger partial charge is 0.435 e. The molecular formula is C19H15ClF2N6O. The average molecular weight is 417 g/mol. The Morgan fingerprint density at radius 3 is 2.55 bits per heavy atom. The topological polar surface area (TPSA) is 90.9 Å². The van der Waals surface area contributed by atoms with E-state index < -0.39 is 6.61 Å². The van der Waals surface area contributed by atoms with Gasteiger partial charge in [0.1, 0.15) is 23.2 Å². The number of alkyl halides is 2. The van der Waals surface area contributed by atoms with Crippen LogP contribution < -0.4 is 15.8 Å². The number of hydrogen-bond donors (Lipinski definition) is 2. The first-order valence-corrected chi connectivity index (χ1v) is 8.88. The number of aromatic nitrogens is 4. The molecule has 0 aliphatic heterocycles. The summed E-state index contributed by atoms with van der Waals surface area (Å²) in [4.78, 5) is 13.3. The van der Waals surface area contributed by atoms with Crippen LogP contribution in [0.15, 0.2) is 48.5 Å². The highest BCUT2D eigenvalue weighted by Gasteiger charge is 2.14. The van der Waals surface area contributed by atoms with Crippen molar-refractivity contribution in [3.63, 3.8) is 0 Å². The van der Waals surface area contributed by atoms with Crippen molar-refractivity contribution < 1.29 is 13.5 Å². The number of benzene rings is 2. The van der Waals surface area contributed by atoms with Gasteiger partial charge < -0.3 is 15.8 Å². The molecule has 0 aliphatic carbocycles. The second-order valence-electron chi connectivity index (χ2n) is 6.13. The maximum Gasteiger partial charge on any atom is 0.387 e. The molecule has 2 aromatic carbocycles. The quantitative estimate of drug-likeness (QED) is 0.490. The number of nitrogens with zero attached hydrogens (tertiary/aromatic N) is 4. The fourth-order valence-corrected chi connectivity index (χ4v) is 3.08. The van der Waals surface area contributed by atoms with Crippen LogP contribution in [0.1, 0.15) is 5.82 Å². The lowest BCUT2D eigenvalue weighted by Crippen LogP contribution is -2.07. The molecule has 4 rings (SSSR count). The lowest BCUT2D eigenvalue weighted by Gasteiger charge is -2.11. The minimum atomic E-state index is -2.87. The SMILES string of the molecule is Cc1nc2cc(Cl)ccc2n1-c1nc(N)cc(Nc2ccc(OC(F)F)cc2)n1. The molecule has 2 aromatic heterocycles. The first kappa shape index (κ1) is 18.9. The highest BCUT2D eigenvalue weighted by molar-refractivity contribution is 6.31. The maximum atomic E-state index is 12.3. The van der Waals surface area contributed by atoms with E-state index in [0.29, 0.717) is 33.8 Å². The molecule has 4 aromatic rings. The van der Waals surface area contributed by atoms with Gasteiger partial charge in [0.2, 0.25) is 5.95 Å². The van der Waals surface area contributed by atoms with Gasteiger partial charge in [-0.15, -0.1) is 0 Å². The summed E-state index contributed by atoms with van der Waals surface area (Å²) in [5.74, 6) is 1.77. The van der Waals surface area contributed by atoms with E-state index in [1.165, 1.54) is 12.1 Å². The predicted molar refractivity (Wildman–Crippen MR) is 107 cm³/mol. The Hall–Kier alpha value is -3.46. The number of halogens is 3. The second-order valence-corrected chi connectivity index (χ2v) is 6.57. The third-order valence-corrected chi connectivity index (χ3v) is 4.31. The molecule has 0 atom stereocenters. The highest BCUT2D eigenvalue weighted by atomic mass is 35.5. The number of anilines is 3. The smallest absolute Gasteiger partial charge is 0.387 e. The molecule has 0 aliphatic rings.